The topological polar surface area (TPSA) is 9.23 Å². The Morgan fingerprint density at radius 1 is 1.31 bits per heavy atom. The fraction of sp³-hybridized carbons (Fsp3) is 0.333. The summed E-state index contributed by atoms with van der Waals surface area (Å²) in [5, 5.41) is 0. The van der Waals surface area contributed by atoms with Crippen molar-refractivity contribution in [3.05, 3.63) is 41.5 Å². The van der Waals surface area contributed by atoms with Gasteiger partial charge in [-0.15, -0.1) is 0 Å². The van der Waals surface area contributed by atoms with Crippen LogP contribution in [0, 0.1) is 0 Å². The Kier molecular flexibility index (Phi) is 2.19. The van der Waals surface area contributed by atoms with Crippen molar-refractivity contribution >= 4 is 5.57 Å². The molecule has 0 N–H and O–H groups in total. The molecule has 0 amide bonds. The van der Waals surface area contributed by atoms with E-state index < -0.39 is 0 Å². The first kappa shape index (κ1) is 8.52. The van der Waals surface area contributed by atoms with E-state index in [2.05, 4.69) is 37.3 Å². The van der Waals surface area contributed by atoms with Gasteiger partial charge in [0.05, 0.1) is 6.61 Å². The van der Waals surface area contributed by atoms with Crippen LogP contribution in [0.5, 0.6) is 0 Å². The lowest BCUT2D eigenvalue weighted by atomic mass is 10.0. The summed E-state index contributed by atoms with van der Waals surface area (Å²) in [6.45, 7) is 2.95. The van der Waals surface area contributed by atoms with E-state index in [1.54, 1.807) is 7.11 Å². The number of hydrogen-bond acceptors (Lipinski definition) is 1. The summed E-state index contributed by atoms with van der Waals surface area (Å²) in [6.07, 6.45) is 2.29. The third-order valence-electron chi connectivity index (χ3n) is 2.58. The van der Waals surface area contributed by atoms with Crippen LogP contribution in [0.15, 0.2) is 30.3 Å². The van der Waals surface area contributed by atoms with Gasteiger partial charge in [-0.05, 0) is 23.6 Å². The van der Waals surface area contributed by atoms with E-state index in [1.807, 2.05) is 0 Å². The summed E-state index contributed by atoms with van der Waals surface area (Å²) in [6, 6.07) is 8.54. The number of rotatable bonds is 2. The summed E-state index contributed by atoms with van der Waals surface area (Å²) < 4.78 is 5.19. The highest BCUT2D eigenvalue weighted by Gasteiger charge is 2.19. The Hall–Kier alpha value is -1.08. The first-order chi connectivity index (χ1) is 6.33. The van der Waals surface area contributed by atoms with Crippen molar-refractivity contribution in [2.45, 2.75) is 12.8 Å². The van der Waals surface area contributed by atoms with Crippen LogP contribution in [0.3, 0.4) is 0 Å². The van der Waals surface area contributed by atoms with Crippen molar-refractivity contribution < 1.29 is 4.74 Å². The molecule has 0 heterocycles. The number of ether oxygens (including phenoxy) is 1. The van der Waals surface area contributed by atoms with Crippen molar-refractivity contribution in [3.63, 3.8) is 0 Å². The smallest absolute Gasteiger partial charge is 0.0566 e. The van der Waals surface area contributed by atoms with E-state index in [1.165, 1.54) is 16.7 Å². The highest BCUT2D eigenvalue weighted by atomic mass is 16.5. The molecule has 0 aliphatic heterocycles. The summed E-state index contributed by atoms with van der Waals surface area (Å²) in [5.74, 6) is 0.459. The van der Waals surface area contributed by atoms with Gasteiger partial charge in [0, 0.05) is 13.0 Å². The van der Waals surface area contributed by atoms with Gasteiger partial charge in [-0.2, -0.15) is 0 Å². The highest BCUT2D eigenvalue weighted by molar-refractivity contribution is 5.73. The third-order valence-corrected chi connectivity index (χ3v) is 2.58. The van der Waals surface area contributed by atoms with Gasteiger partial charge in [0.2, 0.25) is 0 Å². The van der Waals surface area contributed by atoms with Crippen LogP contribution in [-0.2, 0) is 4.74 Å². The predicted molar refractivity (Wildman–Crippen MR) is 54.7 cm³/mol. The second-order valence-electron chi connectivity index (χ2n) is 3.50. The number of methoxy groups -OCH3 is 1. The van der Waals surface area contributed by atoms with E-state index >= 15 is 0 Å². The minimum absolute atomic E-state index is 0.459. The Morgan fingerprint density at radius 2 is 2.08 bits per heavy atom. The molecule has 1 aromatic carbocycles. The molecule has 0 spiro atoms. The normalized spacial score (nSPS) is 19.8. The molecule has 0 radical (unpaired) electrons. The maximum absolute atomic E-state index is 5.19. The monoisotopic (exact) mass is 174 g/mol. The van der Waals surface area contributed by atoms with Gasteiger partial charge >= 0.3 is 0 Å². The van der Waals surface area contributed by atoms with E-state index in [0.717, 1.165) is 6.61 Å². The molecule has 1 nitrogen and oxygen atoms in total. The molecule has 0 fully saturated rings. The molecule has 1 atom stereocenters. The number of allylic oxidation sites excluding steroid dienone is 1. The third kappa shape index (κ3) is 1.40. The van der Waals surface area contributed by atoms with Crippen LogP contribution in [-0.4, -0.2) is 13.7 Å². The van der Waals surface area contributed by atoms with Crippen LogP contribution in [0.4, 0.5) is 0 Å². The second kappa shape index (κ2) is 3.35. The van der Waals surface area contributed by atoms with Crippen molar-refractivity contribution in [3.8, 4) is 0 Å². The van der Waals surface area contributed by atoms with Crippen LogP contribution < -0.4 is 0 Å². The van der Waals surface area contributed by atoms with Gasteiger partial charge < -0.3 is 4.74 Å². The lowest BCUT2D eigenvalue weighted by Gasteiger charge is -2.08. The lowest BCUT2D eigenvalue weighted by molar-refractivity contribution is 0.192. The van der Waals surface area contributed by atoms with Gasteiger partial charge in [-0.1, -0.05) is 30.3 Å². The first-order valence-electron chi connectivity index (χ1n) is 4.59. The average molecular weight is 174 g/mol. The fourth-order valence-electron chi connectivity index (χ4n) is 1.98. The average Bonchev–Trinajstić information content (AvgIpc) is 2.46. The van der Waals surface area contributed by atoms with Crippen LogP contribution in [0.1, 0.15) is 24.0 Å². The number of hydrogen-bond donors (Lipinski definition) is 0. The Labute approximate surface area is 79.0 Å². The van der Waals surface area contributed by atoms with E-state index in [4.69, 9.17) is 4.74 Å². The minimum Gasteiger partial charge on any atom is -0.384 e. The maximum atomic E-state index is 5.19. The maximum Gasteiger partial charge on any atom is 0.0566 e. The van der Waals surface area contributed by atoms with Crippen LogP contribution in [0.2, 0.25) is 0 Å². The molecule has 1 aliphatic carbocycles. The molecular weight excluding hydrogens is 160 g/mol. The zero-order valence-corrected chi connectivity index (χ0v) is 8.08. The second-order valence-corrected chi connectivity index (χ2v) is 3.50. The molecule has 1 aromatic rings. The van der Waals surface area contributed by atoms with Gasteiger partial charge in [0.1, 0.15) is 0 Å². The molecule has 0 saturated carbocycles. The molecule has 1 unspecified atom stereocenters. The molecule has 13 heavy (non-hydrogen) atoms. The van der Waals surface area contributed by atoms with Crippen LogP contribution in [0.25, 0.3) is 5.57 Å². The highest BCUT2D eigenvalue weighted by Crippen LogP contribution is 2.35. The van der Waals surface area contributed by atoms with Crippen molar-refractivity contribution in [1.82, 2.24) is 0 Å². The molecule has 0 saturated heterocycles. The molecule has 1 aliphatic rings. The minimum atomic E-state index is 0.459. The zero-order chi connectivity index (χ0) is 9.26. The lowest BCUT2D eigenvalue weighted by Crippen LogP contribution is -2.00. The molecule has 0 aromatic heterocycles. The molecular formula is C12H14O. The number of benzene rings is 1. The Bertz CT molecular complexity index is 339. The van der Waals surface area contributed by atoms with Crippen molar-refractivity contribution in [2.24, 2.45) is 0 Å². The SMILES string of the molecule is COCC1C=C(C)c2ccccc21. The van der Waals surface area contributed by atoms with Crippen molar-refractivity contribution in [1.29, 1.82) is 0 Å². The van der Waals surface area contributed by atoms with Gasteiger partial charge in [0.15, 0.2) is 0 Å². The van der Waals surface area contributed by atoms with Gasteiger partial charge in [-0.3, -0.25) is 0 Å². The van der Waals surface area contributed by atoms with Gasteiger partial charge in [0.25, 0.3) is 0 Å². The summed E-state index contributed by atoms with van der Waals surface area (Å²) in [5.41, 5.74) is 4.16. The summed E-state index contributed by atoms with van der Waals surface area (Å²) in [7, 11) is 1.75. The predicted octanol–water partition coefficient (Wildman–Crippen LogP) is 2.83. The summed E-state index contributed by atoms with van der Waals surface area (Å²) in [4.78, 5) is 0. The Morgan fingerprint density at radius 3 is 2.85 bits per heavy atom. The number of fused-ring (bicyclic) bond motifs is 1. The zero-order valence-electron chi connectivity index (χ0n) is 8.08. The molecule has 2 rings (SSSR count). The quantitative estimate of drug-likeness (QED) is 0.670. The fourth-order valence-corrected chi connectivity index (χ4v) is 1.98. The summed E-state index contributed by atoms with van der Waals surface area (Å²) >= 11 is 0. The van der Waals surface area contributed by atoms with Gasteiger partial charge in [-0.25, -0.2) is 0 Å². The Balaban J connectivity index is 2.38. The van der Waals surface area contributed by atoms with Crippen LogP contribution >= 0.6 is 0 Å². The molecule has 0 bridgehead atoms. The first-order valence-corrected chi connectivity index (χ1v) is 4.59. The van der Waals surface area contributed by atoms with E-state index in [0.29, 0.717) is 5.92 Å². The van der Waals surface area contributed by atoms with E-state index in [-0.39, 0.29) is 0 Å². The standard InChI is InChI=1S/C12H14O/c1-9-7-10(8-13-2)12-6-4-3-5-11(9)12/h3-7,10H,8H2,1-2H3. The van der Waals surface area contributed by atoms with E-state index in [9.17, 15) is 0 Å². The molecule has 1 heteroatoms. The van der Waals surface area contributed by atoms with Crippen molar-refractivity contribution in [2.75, 3.05) is 13.7 Å². The largest absolute Gasteiger partial charge is 0.384 e. The molecule has 68 valence electrons.